The molecule has 0 aliphatic heterocycles. The lowest BCUT2D eigenvalue weighted by atomic mass is 10.2. The summed E-state index contributed by atoms with van der Waals surface area (Å²) in [5.41, 5.74) is 1.90. The van der Waals surface area contributed by atoms with Gasteiger partial charge in [0.05, 0.1) is 12.8 Å². The Bertz CT molecular complexity index is 919. The van der Waals surface area contributed by atoms with Crippen LogP contribution >= 0.6 is 0 Å². The summed E-state index contributed by atoms with van der Waals surface area (Å²) in [6.07, 6.45) is 2.27. The largest absolute Gasteiger partial charge is 0.495 e. The highest BCUT2D eigenvalue weighted by Crippen LogP contribution is 2.30. The van der Waals surface area contributed by atoms with Gasteiger partial charge in [-0.3, -0.25) is 4.31 Å². The molecular weight excluding hydrogens is 342 g/mol. The standard InChI is InChI=1S/C18H19NO5S/c1-13-5-4-6-15(11-13)19(2)25(22,23)17-12-14(8-10-18(20)21)7-9-16(17)24-3/h4-12H,1-3H3,(H,20,21). The molecule has 0 spiro atoms. The lowest BCUT2D eigenvalue weighted by Crippen LogP contribution is -2.27. The number of aliphatic carboxylic acids is 1. The smallest absolute Gasteiger partial charge is 0.328 e. The Morgan fingerprint density at radius 1 is 1.20 bits per heavy atom. The fourth-order valence-electron chi connectivity index (χ4n) is 2.28. The number of benzene rings is 2. The van der Waals surface area contributed by atoms with Gasteiger partial charge in [0, 0.05) is 13.1 Å². The van der Waals surface area contributed by atoms with Crippen LogP contribution in [-0.2, 0) is 14.8 Å². The molecule has 0 fully saturated rings. The zero-order valence-electron chi connectivity index (χ0n) is 14.1. The van der Waals surface area contributed by atoms with Crippen molar-refractivity contribution in [2.75, 3.05) is 18.5 Å². The van der Waals surface area contributed by atoms with Crippen molar-refractivity contribution in [1.29, 1.82) is 0 Å². The van der Waals surface area contributed by atoms with Crippen LogP contribution in [0.15, 0.2) is 53.4 Å². The highest BCUT2D eigenvalue weighted by molar-refractivity contribution is 7.92. The molecule has 0 aliphatic carbocycles. The van der Waals surface area contributed by atoms with E-state index >= 15 is 0 Å². The first-order valence-electron chi connectivity index (χ1n) is 7.40. The number of anilines is 1. The molecule has 25 heavy (non-hydrogen) atoms. The SMILES string of the molecule is COc1ccc(C=CC(=O)O)cc1S(=O)(=O)N(C)c1cccc(C)c1. The van der Waals surface area contributed by atoms with Crippen molar-refractivity contribution in [2.45, 2.75) is 11.8 Å². The summed E-state index contributed by atoms with van der Waals surface area (Å²) >= 11 is 0. The summed E-state index contributed by atoms with van der Waals surface area (Å²) < 4.78 is 32.4. The van der Waals surface area contributed by atoms with Gasteiger partial charge in [-0.25, -0.2) is 13.2 Å². The first kappa shape index (κ1) is 18.5. The van der Waals surface area contributed by atoms with Gasteiger partial charge in [0.2, 0.25) is 0 Å². The van der Waals surface area contributed by atoms with Crippen LogP contribution < -0.4 is 9.04 Å². The van der Waals surface area contributed by atoms with Gasteiger partial charge in [-0.1, -0.05) is 18.2 Å². The summed E-state index contributed by atoms with van der Waals surface area (Å²) in [5.74, 6) is -0.927. The van der Waals surface area contributed by atoms with Crippen LogP contribution in [0.1, 0.15) is 11.1 Å². The third-order valence-corrected chi connectivity index (χ3v) is 5.42. The summed E-state index contributed by atoms with van der Waals surface area (Å²) in [7, 11) is -1.04. The molecule has 0 atom stereocenters. The van der Waals surface area contributed by atoms with Gasteiger partial charge < -0.3 is 9.84 Å². The van der Waals surface area contributed by atoms with E-state index in [9.17, 15) is 13.2 Å². The van der Waals surface area contributed by atoms with Crippen molar-refractivity contribution in [3.05, 3.63) is 59.7 Å². The maximum absolute atomic E-state index is 13.0. The number of carboxylic acids is 1. The molecule has 2 rings (SSSR count). The van der Waals surface area contributed by atoms with Gasteiger partial charge in [0.1, 0.15) is 10.6 Å². The van der Waals surface area contributed by atoms with Crippen LogP contribution in [0.4, 0.5) is 5.69 Å². The number of sulfonamides is 1. The molecule has 2 aromatic carbocycles. The Kier molecular flexibility index (Phi) is 5.48. The van der Waals surface area contributed by atoms with E-state index in [2.05, 4.69) is 0 Å². The minimum atomic E-state index is -3.89. The minimum absolute atomic E-state index is 0.0356. The topological polar surface area (TPSA) is 83.9 Å². The van der Waals surface area contributed by atoms with Crippen LogP contribution in [0.2, 0.25) is 0 Å². The summed E-state index contributed by atoms with van der Waals surface area (Å²) in [5, 5.41) is 8.73. The average Bonchev–Trinajstić information content (AvgIpc) is 2.58. The van der Waals surface area contributed by atoms with Gasteiger partial charge in [0.15, 0.2) is 0 Å². The molecule has 0 bridgehead atoms. The van der Waals surface area contributed by atoms with E-state index < -0.39 is 16.0 Å². The molecule has 0 aromatic heterocycles. The maximum atomic E-state index is 13.0. The first-order valence-corrected chi connectivity index (χ1v) is 8.84. The van der Waals surface area contributed by atoms with Gasteiger partial charge >= 0.3 is 5.97 Å². The molecule has 132 valence electrons. The zero-order valence-corrected chi connectivity index (χ0v) is 14.9. The average molecular weight is 361 g/mol. The molecular formula is C18H19NO5S. The fraction of sp³-hybridized carbons (Fsp3) is 0.167. The Morgan fingerprint density at radius 2 is 1.92 bits per heavy atom. The second-order valence-corrected chi connectivity index (χ2v) is 7.33. The molecule has 2 aromatic rings. The molecule has 0 saturated carbocycles. The van der Waals surface area contributed by atoms with E-state index in [1.807, 2.05) is 13.0 Å². The van der Waals surface area contributed by atoms with E-state index in [1.165, 1.54) is 36.7 Å². The van der Waals surface area contributed by atoms with Crippen LogP contribution in [0, 0.1) is 6.92 Å². The third kappa shape index (κ3) is 4.19. The molecule has 0 unspecified atom stereocenters. The Hall–Kier alpha value is -2.80. The number of hydrogen-bond acceptors (Lipinski definition) is 4. The molecule has 0 aliphatic rings. The molecule has 0 saturated heterocycles. The van der Waals surface area contributed by atoms with Crippen molar-refractivity contribution in [2.24, 2.45) is 0 Å². The summed E-state index contributed by atoms with van der Waals surface area (Å²) in [4.78, 5) is 10.6. The normalized spacial score (nSPS) is 11.5. The molecule has 1 N–H and O–H groups in total. The Balaban J connectivity index is 2.53. The number of hydrogen-bond donors (Lipinski definition) is 1. The van der Waals surface area contributed by atoms with E-state index in [0.717, 1.165) is 11.6 Å². The highest BCUT2D eigenvalue weighted by Gasteiger charge is 2.25. The third-order valence-electron chi connectivity index (χ3n) is 3.61. The predicted molar refractivity (Wildman–Crippen MR) is 96.4 cm³/mol. The van der Waals surface area contributed by atoms with Gasteiger partial charge in [0.25, 0.3) is 10.0 Å². The van der Waals surface area contributed by atoms with Crippen LogP contribution in [-0.4, -0.2) is 33.7 Å². The number of carbonyl (C=O) groups is 1. The first-order chi connectivity index (χ1) is 11.8. The number of ether oxygens (including phenoxy) is 1. The van der Waals surface area contributed by atoms with Crippen molar-refractivity contribution in [3.8, 4) is 5.75 Å². The second kappa shape index (κ2) is 7.40. The van der Waals surface area contributed by atoms with E-state index in [1.54, 1.807) is 24.3 Å². The second-order valence-electron chi connectivity index (χ2n) is 5.39. The van der Waals surface area contributed by atoms with Gasteiger partial charge in [-0.15, -0.1) is 0 Å². The van der Waals surface area contributed by atoms with Crippen LogP contribution in [0.3, 0.4) is 0 Å². The number of carboxylic acid groups (broad SMARTS) is 1. The van der Waals surface area contributed by atoms with Gasteiger partial charge in [-0.05, 0) is 48.4 Å². The van der Waals surface area contributed by atoms with Gasteiger partial charge in [-0.2, -0.15) is 0 Å². The van der Waals surface area contributed by atoms with E-state index in [0.29, 0.717) is 11.3 Å². The number of nitrogens with zero attached hydrogens (tertiary/aromatic N) is 1. The number of aryl methyl sites for hydroxylation is 1. The maximum Gasteiger partial charge on any atom is 0.328 e. The zero-order chi connectivity index (χ0) is 18.6. The van der Waals surface area contributed by atoms with Crippen molar-refractivity contribution < 1.29 is 23.1 Å². The molecule has 0 radical (unpaired) electrons. The Morgan fingerprint density at radius 3 is 2.52 bits per heavy atom. The molecule has 6 nitrogen and oxygen atoms in total. The lowest BCUT2D eigenvalue weighted by molar-refractivity contribution is -0.131. The van der Waals surface area contributed by atoms with Crippen LogP contribution in [0.25, 0.3) is 6.08 Å². The fourth-order valence-corrected chi connectivity index (χ4v) is 3.65. The minimum Gasteiger partial charge on any atom is -0.495 e. The van der Waals surface area contributed by atoms with E-state index in [-0.39, 0.29) is 10.6 Å². The van der Waals surface area contributed by atoms with Crippen molar-refractivity contribution in [1.82, 2.24) is 0 Å². The number of methoxy groups -OCH3 is 1. The summed E-state index contributed by atoms with van der Waals surface area (Å²) in [6.45, 7) is 1.88. The van der Waals surface area contributed by atoms with E-state index in [4.69, 9.17) is 9.84 Å². The van der Waals surface area contributed by atoms with Crippen LogP contribution in [0.5, 0.6) is 5.75 Å². The highest BCUT2D eigenvalue weighted by atomic mass is 32.2. The quantitative estimate of drug-likeness (QED) is 0.800. The molecule has 0 heterocycles. The Labute approximate surface area is 147 Å². The predicted octanol–water partition coefficient (Wildman–Crippen LogP) is 2.93. The summed E-state index contributed by atoms with van der Waals surface area (Å²) in [6, 6.07) is 11.6. The monoisotopic (exact) mass is 361 g/mol. The lowest BCUT2D eigenvalue weighted by Gasteiger charge is -2.21. The number of rotatable bonds is 6. The van der Waals surface area contributed by atoms with Crippen molar-refractivity contribution in [3.63, 3.8) is 0 Å². The van der Waals surface area contributed by atoms with Crippen molar-refractivity contribution >= 4 is 27.8 Å². The molecule has 0 amide bonds. The molecule has 7 heteroatoms.